The number of aryl methyl sites for hydroxylation is 1. The number of aromatic nitrogens is 2. The van der Waals surface area contributed by atoms with Crippen LogP contribution in [0.4, 0.5) is 5.69 Å². The predicted octanol–water partition coefficient (Wildman–Crippen LogP) is 5.03. The van der Waals surface area contributed by atoms with Gasteiger partial charge in [0.15, 0.2) is 0 Å². The molecule has 0 aliphatic heterocycles. The highest BCUT2D eigenvalue weighted by Crippen LogP contribution is 2.35. The number of benzene rings is 2. The molecule has 0 spiro atoms. The molecule has 0 saturated heterocycles. The van der Waals surface area contributed by atoms with Crippen LogP contribution in [0.1, 0.15) is 24.8 Å². The topological polar surface area (TPSA) is 73.2 Å². The van der Waals surface area contributed by atoms with Gasteiger partial charge in [0.05, 0.1) is 24.0 Å². The number of hydrogen-bond acceptors (Lipinski definition) is 5. The Morgan fingerprint density at radius 2 is 1.87 bits per heavy atom. The van der Waals surface area contributed by atoms with Crippen LogP contribution in [0.25, 0.3) is 21.3 Å². The molecule has 0 bridgehead atoms. The van der Waals surface area contributed by atoms with Crippen LogP contribution in [-0.4, -0.2) is 22.1 Å². The van der Waals surface area contributed by atoms with E-state index in [1.54, 1.807) is 19.1 Å². The second-order valence-electron chi connectivity index (χ2n) is 7.13. The average Bonchev–Trinajstić information content (AvgIpc) is 3.12. The zero-order valence-corrected chi connectivity index (χ0v) is 18.4. The van der Waals surface area contributed by atoms with Gasteiger partial charge in [-0.1, -0.05) is 42.5 Å². The molecule has 2 heterocycles. The van der Waals surface area contributed by atoms with Gasteiger partial charge < -0.3 is 10.1 Å². The first-order chi connectivity index (χ1) is 15.0. The summed E-state index contributed by atoms with van der Waals surface area (Å²) < 4.78 is 6.97. The summed E-state index contributed by atoms with van der Waals surface area (Å²) in [6.45, 7) is 6.05. The maximum Gasteiger partial charge on any atom is 0.263 e. The molecule has 4 rings (SSSR count). The molecular formula is C24H23N3O3S. The number of carbonyl (C=O) groups excluding carboxylic acids is 1. The van der Waals surface area contributed by atoms with Gasteiger partial charge in [0.25, 0.3) is 5.56 Å². The third-order valence-electron chi connectivity index (χ3n) is 5.12. The Balaban J connectivity index is 1.72. The summed E-state index contributed by atoms with van der Waals surface area (Å²) in [6, 6.07) is 16.3. The number of fused-ring (bicyclic) bond motifs is 1. The summed E-state index contributed by atoms with van der Waals surface area (Å²) in [6.07, 6.45) is 1.45. The fourth-order valence-electron chi connectivity index (χ4n) is 3.56. The van der Waals surface area contributed by atoms with Gasteiger partial charge in [0.2, 0.25) is 5.91 Å². The molecule has 0 radical (unpaired) electrons. The van der Waals surface area contributed by atoms with Crippen LogP contribution in [0.5, 0.6) is 5.75 Å². The minimum absolute atomic E-state index is 0.228. The molecule has 6 nitrogen and oxygen atoms in total. The molecule has 0 saturated carbocycles. The van der Waals surface area contributed by atoms with E-state index in [-0.39, 0.29) is 11.5 Å². The molecule has 2 aromatic heterocycles. The lowest BCUT2D eigenvalue weighted by Gasteiger charge is -2.17. The number of carbonyl (C=O) groups is 1. The van der Waals surface area contributed by atoms with E-state index in [0.717, 1.165) is 16.0 Å². The summed E-state index contributed by atoms with van der Waals surface area (Å²) >= 11 is 1.49. The zero-order chi connectivity index (χ0) is 22.0. The molecule has 1 atom stereocenters. The van der Waals surface area contributed by atoms with Gasteiger partial charge in [0.1, 0.15) is 16.6 Å². The fourth-order valence-corrected chi connectivity index (χ4v) is 4.56. The van der Waals surface area contributed by atoms with Crippen LogP contribution in [0.15, 0.2) is 65.7 Å². The molecule has 0 aliphatic carbocycles. The number of hydrogen-bond donors (Lipinski definition) is 1. The van der Waals surface area contributed by atoms with Gasteiger partial charge in [-0.15, -0.1) is 11.3 Å². The van der Waals surface area contributed by atoms with Crippen LogP contribution in [0.3, 0.4) is 0 Å². The molecule has 2 aromatic carbocycles. The number of rotatable bonds is 6. The average molecular weight is 434 g/mol. The predicted molar refractivity (Wildman–Crippen MR) is 125 cm³/mol. The second kappa shape index (κ2) is 8.73. The van der Waals surface area contributed by atoms with Crippen molar-refractivity contribution in [1.82, 2.24) is 9.55 Å². The molecule has 1 unspecified atom stereocenters. The van der Waals surface area contributed by atoms with E-state index in [9.17, 15) is 9.59 Å². The first-order valence-corrected chi connectivity index (χ1v) is 10.9. The van der Waals surface area contributed by atoms with Crippen LogP contribution in [0.2, 0.25) is 0 Å². The number of amides is 1. The number of thiophene rings is 1. The summed E-state index contributed by atoms with van der Waals surface area (Å²) in [5.41, 5.74) is 2.18. The summed E-state index contributed by atoms with van der Waals surface area (Å²) in [5, 5.41) is 3.42. The van der Waals surface area contributed by atoms with Gasteiger partial charge in [-0.05, 0) is 38.5 Å². The first kappa shape index (κ1) is 20.8. The molecule has 31 heavy (non-hydrogen) atoms. The highest BCUT2D eigenvalue weighted by atomic mass is 32.1. The SMILES string of the molecule is CCOc1ccccc1NC(=O)C(C)n1cnc2sc(C)c(-c3ccccc3)c2c1=O. The molecule has 0 fully saturated rings. The Morgan fingerprint density at radius 3 is 2.61 bits per heavy atom. The van der Waals surface area contributed by atoms with Crippen molar-refractivity contribution >= 4 is 33.1 Å². The number of nitrogens with one attached hydrogen (secondary N) is 1. The van der Waals surface area contributed by atoms with E-state index in [4.69, 9.17) is 4.74 Å². The lowest BCUT2D eigenvalue weighted by molar-refractivity contribution is -0.118. The monoisotopic (exact) mass is 433 g/mol. The molecule has 0 aliphatic rings. The molecule has 1 amide bonds. The van der Waals surface area contributed by atoms with Gasteiger partial charge in [-0.25, -0.2) is 4.98 Å². The number of anilines is 1. The van der Waals surface area contributed by atoms with Crippen LogP contribution < -0.4 is 15.6 Å². The third kappa shape index (κ3) is 3.96. The zero-order valence-electron chi connectivity index (χ0n) is 17.6. The number of ether oxygens (including phenoxy) is 1. The fraction of sp³-hybridized carbons (Fsp3) is 0.208. The minimum Gasteiger partial charge on any atom is -0.492 e. The molecule has 4 aromatic rings. The number of nitrogens with zero attached hydrogens (tertiary/aromatic N) is 2. The smallest absolute Gasteiger partial charge is 0.263 e. The van der Waals surface area contributed by atoms with Crippen molar-refractivity contribution in [3.63, 3.8) is 0 Å². The van der Waals surface area contributed by atoms with Crippen molar-refractivity contribution in [2.45, 2.75) is 26.8 Å². The largest absolute Gasteiger partial charge is 0.492 e. The minimum atomic E-state index is -0.747. The van der Waals surface area contributed by atoms with Crippen molar-refractivity contribution in [3.05, 3.63) is 76.2 Å². The van der Waals surface area contributed by atoms with Crippen LogP contribution in [0, 0.1) is 6.92 Å². The molecule has 7 heteroatoms. The van der Waals surface area contributed by atoms with Crippen molar-refractivity contribution in [2.24, 2.45) is 0 Å². The number of para-hydroxylation sites is 2. The van der Waals surface area contributed by atoms with Gasteiger partial charge >= 0.3 is 0 Å². The summed E-state index contributed by atoms with van der Waals surface area (Å²) in [4.78, 5) is 32.6. The van der Waals surface area contributed by atoms with Crippen molar-refractivity contribution in [3.8, 4) is 16.9 Å². The Morgan fingerprint density at radius 1 is 1.16 bits per heavy atom. The molecular weight excluding hydrogens is 410 g/mol. The van der Waals surface area contributed by atoms with Crippen molar-refractivity contribution < 1.29 is 9.53 Å². The first-order valence-electron chi connectivity index (χ1n) is 10.1. The molecule has 1 N–H and O–H groups in total. The Hall–Kier alpha value is -3.45. The summed E-state index contributed by atoms with van der Waals surface area (Å²) in [5.74, 6) is 0.273. The Bertz CT molecular complexity index is 1290. The van der Waals surface area contributed by atoms with E-state index in [1.807, 2.05) is 56.3 Å². The normalized spacial score (nSPS) is 12.0. The Kier molecular flexibility index (Phi) is 5.86. The lowest BCUT2D eigenvalue weighted by atomic mass is 10.0. The quantitative estimate of drug-likeness (QED) is 0.463. The van der Waals surface area contributed by atoms with E-state index < -0.39 is 6.04 Å². The van der Waals surface area contributed by atoms with E-state index in [0.29, 0.717) is 28.3 Å². The van der Waals surface area contributed by atoms with Crippen LogP contribution in [-0.2, 0) is 4.79 Å². The van der Waals surface area contributed by atoms with Gasteiger partial charge in [-0.3, -0.25) is 14.2 Å². The highest BCUT2D eigenvalue weighted by molar-refractivity contribution is 7.19. The highest BCUT2D eigenvalue weighted by Gasteiger charge is 2.22. The standard InChI is InChI=1S/C24H23N3O3S/c1-4-30-19-13-9-8-12-18(19)26-22(28)15(2)27-14-25-23-21(24(27)29)20(16(3)31-23)17-10-6-5-7-11-17/h5-15H,4H2,1-3H3,(H,26,28). The maximum atomic E-state index is 13.4. The lowest BCUT2D eigenvalue weighted by Crippen LogP contribution is -2.31. The van der Waals surface area contributed by atoms with Crippen molar-refractivity contribution in [2.75, 3.05) is 11.9 Å². The van der Waals surface area contributed by atoms with Crippen molar-refractivity contribution in [1.29, 1.82) is 0 Å². The second-order valence-corrected chi connectivity index (χ2v) is 8.33. The maximum absolute atomic E-state index is 13.4. The van der Waals surface area contributed by atoms with E-state index >= 15 is 0 Å². The van der Waals surface area contributed by atoms with E-state index in [1.165, 1.54) is 22.2 Å². The Labute approximate surface area is 184 Å². The molecule has 158 valence electrons. The van der Waals surface area contributed by atoms with E-state index in [2.05, 4.69) is 10.3 Å². The van der Waals surface area contributed by atoms with Gasteiger partial charge in [0, 0.05) is 10.4 Å². The van der Waals surface area contributed by atoms with Crippen LogP contribution >= 0.6 is 11.3 Å². The summed E-state index contributed by atoms with van der Waals surface area (Å²) in [7, 11) is 0. The van der Waals surface area contributed by atoms with Gasteiger partial charge in [-0.2, -0.15) is 0 Å². The third-order valence-corrected chi connectivity index (χ3v) is 6.13.